The van der Waals surface area contributed by atoms with Crippen molar-refractivity contribution < 1.29 is 4.39 Å². The van der Waals surface area contributed by atoms with Gasteiger partial charge in [0.15, 0.2) is 0 Å². The Morgan fingerprint density at radius 3 is 2.60 bits per heavy atom. The summed E-state index contributed by atoms with van der Waals surface area (Å²) in [5.41, 5.74) is 0.246. The number of imidazole rings is 1. The number of benzene rings is 1. The third-order valence-corrected chi connectivity index (χ3v) is 2.34. The van der Waals surface area contributed by atoms with E-state index in [9.17, 15) is 9.18 Å². The van der Waals surface area contributed by atoms with Gasteiger partial charge in [-0.3, -0.25) is 4.57 Å². The van der Waals surface area contributed by atoms with Crippen molar-refractivity contribution in [2.75, 3.05) is 0 Å². The Hall–Kier alpha value is -1.58. The second kappa shape index (κ2) is 2.95. The number of hydrogen-bond donors (Lipinski definition) is 1. The van der Waals surface area contributed by atoms with Crippen LogP contribution in [0.2, 0.25) is 0 Å². The molecule has 0 amide bonds. The van der Waals surface area contributed by atoms with E-state index in [1.807, 2.05) is 20.8 Å². The lowest BCUT2D eigenvalue weighted by Gasteiger charge is -2.20. The fourth-order valence-electron chi connectivity index (χ4n) is 1.76. The van der Waals surface area contributed by atoms with Gasteiger partial charge in [-0.1, -0.05) is 6.07 Å². The maximum absolute atomic E-state index is 13.4. The molecule has 0 saturated heterocycles. The normalized spacial score (nSPS) is 12.3. The van der Waals surface area contributed by atoms with E-state index in [-0.39, 0.29) is 16.7 Å². The number of H-pyrrole nitrogens is 1. The maximum atomic E-state index is 13.4. The van der Waals surface area contributed by atoms with Crippen LogP contribution in [0.25, 0.3) is 11.0 Å². The number of rotatable bonds is 0. The van der Waals surface area contributed by atoms with Gasteiger partial charge >= 0.3 is 5.69 Å². The van der Waals surface area contributed by atoms with Crippen molar-refractivity contribution in [3.05, 3.63) is 34.5 Å². The highest BCUT2D eigenvalue weighted by molar-refractivity contribution is 5.76. The number of nitrogens with one attached hydrogen (secondary N) is 1. The summed E-state index contributed by atoms with van der Waals surface area (Å²) >= 11 is 0. The van der Waals surface area contributed by atoms with E-state index >= 15 is 0 Å². The molecule has 2 rings (SSSR count). The van der Waals surface area contributed by atoms with E-state index in [4.69, 9.17) is 0 Å². The molecule has 4 heteroatoms. The molecule has 0 aliphatic carbocycles. The van der Waals surface area contributed by atoms with Crippen molar-refractivity contribution in [2.24, 2.45) is 0 Å². The quantitative estimate of drug-likeness (QED) is 0.708. The Kier molecular flexibility index (Phi) is 1.96. The first kappa shape index (κ1) is 9.96. The molecule has 0 unspecified atom stereocenters. The zero-order valence-electron chi connectivity index (χ0n) is 8.97. The summed E-state index contributed by atoms with van der Waals surface area (Å²) in [6.07, 6.45) is 0. The van der Waals surface area contributed by atoms with Crippen LogP contribution in [0.1, 0.15) is 20.8 Å². The zero-order valence-corrected chi connectivity index (χ0v) is 8.97. The number of aromatic nitrogens is 2. The van der Waals surface area contributed by atoms with Gasteiger partial charge in [0, 0.05) is 5.54 Å². The molecule has 0 atom stereocenters. The molecular weight excluding hydrogens is 195 g/mol. The van der Waals surface area contributed by atoms with Crippen LogP contribution in [0, 0.1) is 5.82 Å². The Bertz CT molecular complexity index is 560. The first-order valence-corrected chi connectivity index (χ1v) is 4.81. The number of para-hydroxylation sites is 1. The standard InChI is InChI=1S/C11H13FN2O/c1-11(2,3)14-8-6-4-5-7(12)9(8)13-10(14)15/h4-6H,1-3H3,(H,13,15). The van der Waals surface area contributed by atoms with Crippen LogP contribution in [0.4, 0.5) is 4.39 Å². The number of fused-ring (bicyclic) bond motifs is 1. The van der Waals surface area contributed by atoms with Crippen LogP contribution in [0.3, 0.4) is 0 Å². The van der Waals surface area contributed by atoms with E-state index in [0.717, 1.165) is 0 Å². The third kappa shape index (κ3) is 1.46. The Morgan fingerprint density at radius 2 is 2.00 bits per heavy atom. The molecule has 0 saturated carbocycles. The highest BCUT2D eigenvalue weighted by Gasteiger charge is 2.20. The minimum absolute atomic E-state index is 0.275. The summed E-state index contributed by atoms with van der Waals surface area (Å²) in [5, 5.41) is 0. The van der Waals surface area contributed by atoms with E-state index in [0.29, 0.717) is 5.52 Å². The minimum Gasteiger partial charge on any atom is -0.303 e. The smallest absolute Gasteiger partial charge is 0.303 e. The summed E-state index contributed by atoms with van der Waals surface area (Å²) in [6, 6.07) is 4.68. The first-order chi connectivity index (χ1) is 6.91. The predicted octanol–water partition coefficient (Wildman–Crippen LogP) is 2.22. The average molecular weight is 208 g/mol. The third-order valence-electron chi connectivity index (χ3n) is 2.34. The molecule has 15 heavy (non-hydrogen) atoms. The molecule has 0 radical (unpaired) electrons. The van der Waals surface area contributed by atoms with Crippen LogP contribution in [0.15, 0.2) is 23.0 Å². The van der Waals surface area contributed by atoms with Crippen LogP contribution in [-0.4, -0.2) is 9.55 Å². The van der Waals surface area contributed by atoms with Gasteiger partial charge in [-0.25, -0.2) is 9.18 Å². The molecule has 2 aromatic rings. The van der Waals surface area contributed by atoms with Gasteiger partial charge < -0.3 is 4.98 Å². The maximum Gasteiger partial charge on any atom is 0.327 e. The number of halogens is 1. The molecule has 0 aliphatic rings. The van der Waals surface area contributed by atoms with Crippen molar-refractivity contribution >= 4 is 11.0 Å². The van der Waals surface area contributed by atoms with Crippen molar-refractivity contribution in [3.8, 4) is 0 Å². The molecular formula is C11H13FN2O. The molecule has 1 aromatic heterocycles. The van der Waals surface area contributed by atoms with Crippen LogP contribution in [-0.2, 0) is 5.54 Å². The fourth-order valence-corrected chi connectivity index (χ4v) is 1.76. The lowest BCUT2D eigenvalue weighted by atomic mass is 10.1. The summed E-state index contributed by atoms with van der Waals surface area (Å²) in [6.45, 7) is 5.73. The van der Waals surface area contributed by atoms with Crippen molar-refractivity contribution in [1.82, 2.24) is 9.55 Å². The van der Waals surface area contributed by atoms with Gasteiger partial charge in [0.2, 0.25) is 0 Å². The highest BCUT2D eigenvalue weighted by atomic mass is 19.1. The van der Waals surface area contributed by atoms with E-state index in [1.54, 1.807) is 16.7 Å². The monoisotopic (exact) mass is 208 g/mol. The lowest BCUT2D eigenvalue weighted by Crippen LogP contribution is -2.31. The summed E-state index contributed by atoms with van der Waals surface area (Å²) in [7, 11) is 0. The molecule has 0 spiro atoms. The van der Waals surface area contributed by atoms with Gasteiger partial charge in [0.25, 0.3) is 0 Å². The summed E-state index contributed by atoms with van der Waals surface area (Å²) in [5.74, 6) is -0.396. The second-order valence-corrected chi connectivity index (χ2v) is 4.57. The lowest BCUT2D eigenvalue weighted by molar-refractivity contribution is 0.397. The van der Waals surface area contributed by atoms with Crippen LogP contribution < -0.4 is 5.69 Å². The predicted molar refractivity (Wildman–Crippen MR) is 57.5 cm³/mol. The molecule has 80 valence electrons. The number of nitrogens with zero attached hydrogens (tertiary/aromatic N) is 1. The van der Waals surface area contributed by atoms with E-state index in [1.165, 1.54) is 6.07 Å². The molecule has 3 nitrogen and oxygen atoms in total. The fraction of sp³-hybridized carbons (Fsp3) is 0.364. The highest BCUT2D eigenvalue weighted by Crippen LogP contribution is 2.20. The Labute approximate surface area is 86.5 Å². The molecule has 1 aromatic carbocycles. The van der Waals surface area contributed by atoms with Gasteiger partial charge in [-0.2, -0.15) is 0 Å². The molecule has 0 bridgehead atoms. The second-order valence-electron chi connectivity index (χ2n) is 4.57. The first-order valence-electron chi connectivity index (χ1n) is 4.81. The average Bonchev–Trinajstić information content (AvgIpc) is 2.41. The summed E-state index contributed by atoms with van der Waals surface area (Å²) in [4.78, 5) is 14.2. The Morgan fingerprint density at radius 1 is 1.33 bits per heavy atom. The van der Waals surface area contributed by atoms with Gasteiger partial charge in [0.1, 0.15) is 11.3 Å². The van der Waals surface area contributed by atoms with Crippen molar-refractivity contribution in [1.29, 1.82) is 0 Å². The Balaban J connectivity index is 2.92. The number of aromatic amines is 1. The SMILES string of the molecule is CC(C)(C)n1c(=O)[nH]c2c(F)cccc21. The van der Waals surface area contributed by atoms with Gasteiger partial charge in [0.05, 0.1) is 5.52 Å². The molecule has 1 heterocycles. The topological polar surface area (TPSA) is 37.8 Å². The molecule has 0 fully saturated rings. The number of hydrogen-bond acceptors (Lipinski definition) is 1. The summed E-state index contributed by atoms with van der Waals surface area (Å²) < 4.78 is 14.9. The van der Waals surface area contributed by atoms with E-state index in [2.05, 4.69) is 4.98 Å². The van der Waals surface area contributed by atoms with Crippen molar-refractivity contribution in [2.45, 2.75) is 26.3 Å². The molecule has 0 aliphatic heterocycles. The largest absolute Gasteiger partial charge is 0.327 e. The van der Waals surface area contributed by atoms with Crippen molar-refractivity contribution in [3.63, 3.8) is 0 Å². The van der Waals surface area contributed by atoms with Crippen LogP contribution in [0.5, 0.6) is 0 Å². The molecule has 1 N–H and O–H groups in total. The zero-order chi connectivity index (χ0) is 11.2. The van der Waals surface area contributed by atoms with Gasteiger partial charge in [-0.15, -0.1) is 0 Å². The minimum atomic E-state index is -0.396. The van der Waals surface area contributed by atoms with Gasteiger partial charge in [-0.05, 0) is 32.9 Å². The van der Waals surface area contributed by atoms with Crippen LogP contribution >= 0.6 is 0 Å². The van der Waals surface area contributed by atoms with E-state index < -0.39 is 5.82 Å².